The Morgan fingerprint density at radius 3 is 2.04 bits per heavy atom. The zero-order chi connectivity index (χ0) is 19.9. The molecule has 0 saturated heterocycles. The number of ether oxygens (including phenoxy) is 4. The van der Waals surface area contributed by atoms with Gasteiger partial charge in [0.2, 0.25) is 0 Å². The first-order valence-corrected chi connectivity index (χ1v) is 9.47. The Kier molecular flexibility index (Phi) is 12.5. The van der Waals surface area contributed by atoms with Gasteiger partial charge in [-0.05, 0) is 26.0 Å². The molecule has 1 aromatic heterocycles. The number of anilines is 1. The molecular formula is C19H35N3O5. The van der Waals surface area contributed by atoms with Gasteiger partial charge in [-0.3, -0.25) is 4.79 Å². The highest BCUT2D eigenvalue weighted by molar-refractivity contribution is 5.95. The second kappa shape index (κ2) is 14.4. The van der Waals surface area contributed by atoms with Crippen LogP contribution in [0.5, 0.6) is 0 Å². The van der Waals surface area contributed by atoms with Crippen LogP contribution in [0.15, 0.2) is 12.1 Å². The molecule has 1 N–H and O–H groups in total. The van der Waals surface area contributed by atoms with E-state index in [9.17, 15) is 4.79 Å². The lowest BCUT2D eigenvalue weighted by Crippen LogP contribution is -2.16. The van der Waals surface area contributed by atoms with Gasteiger partial charge in [0.05, 0.1) is 52.4 Å². The highest BCUT2D eigenvalue weighted by Gasteiger charge is 2.12. The summed E-state index contributed by atoms with van der Waals surface area (Å²) in [7, 11) is 0. The Labute approximate surface area is 163 Å². The fourth-order valence-electron chi connectivity index (χ4n) is 1.99. The number of nitrogens with zero attached hydrogens (tertiary/aromatic N) is 2. The van der Waals surface area contributed by atoms with Crippen molar-refractivity contribution in [3.8, 4) is 0 Å². The monoisotopic (exact) mass is 385 g/mol. The first-order valence-electron chi connectivity index (χ1n) is 9.47. The maximum absolute atomic E-state index is 11.8. The fraction of sp³-hybridized carbons (Fsp3) is 0.737. The number of Topliss-reactive ketones (excluding diaryl/α,β-unsaturated/α-hetero) is 1. The van der Waals surface area contributed by atoms with Crippen LogP contribution in [0.3, 0.4) is 0 Å². The molecule has 1 heterocycles. The third-order valence-electron chi connectivity index (χ3n) is 3.42. The largest absolute Gasteiger partial charge is 0.377 e. The van der Waals surface area contributed by atoms with Gasteiger partial charge in [0.1, 0.15) is 11.5 Å². The van der Waals surface area contributed by atoms with Crippen LogP contribution in [0.1, 0.15) is 39.6 Å². The molecule has 8 nitrogen and oxygen atoms in total. The minimum atomic E-state index is -0.0841. The Bertz CT molecular complexity index is 515. The first kappa shape index (κ1) is 23.4. The number of aromatic nitrogens is 2. The molecule has 0 aliphatic rings. The topological polar surface area (TPSA) is 91.8 Å². The Hall–Kier alpha value is -1.61. The average Bonchev–Trinajstić information content (AvgIpc) is 2.65. The van der Waals surface area contributed by atoms with Crippen LogP contribution < -0.4 is 5.32 Å². The van der Waals surface area contributed by atoms with Crippen molar-refractivity contribution < 1.29 is 25.2 Å². The van der Waals surface area contributed by atoms with Gasteiger partial charge in [0.25, 0.3) is 0 Å². The van der Waals surface area contributed by atoms with Crippen LogP contribution in [-0.4, -0.2) is 74.9 Å². The SMILES string of the molecule is CC(C)OCCOCCOCCOCCNc1ccc(C(=O)C(C)C)nn1.[HH]. The van der Waals surface area contributed by atoms with E-state index in [2.05, 4.69) is 15.5 Å². The van der Waals surface area contributed by atoms with Crippen molar-refractivity contribution in [2.45, 2.75) is 33.8 Å². The van der Waals surface area contributed by atoms with E-state index >= 15 is 0 Å². The van der Waals surface area contributed by atoms with Gasteiger partial charge in [-0.25, -0.2) is 0 Å². The highest BCUT2D eigenvalue weighted by atomic mass is 16.6. The first-order chi connectivity index (χ1) is 13.0. The normalized spacial score (nSPS) is 11.3. The zero-order valence-electron chi connectivity index (χ0n) is 16.9. The summed E-state index contributed by atoms with van der Waals surface area (Å²) in [4.78, 5) is 11.8. The summed E-state index contributed by atoms with van der Waals surface area (Å²) < 4.78 is 21.6. The van der Waals surface area contributed by atoms with Crippen molar-refractivity contribution in [3.63, 3.8) is 0 Å². The van der Waals surface area contributed by atoms with Gasteiger partial charge < -0.3 is 24.3 Å². The van der Waals surface area contributed by atoms with Gasteiger partial charge in [-0.15, -0.1) is 10.2 Å². The van der Waals surface area contributed by atoms with Crippen LogP contribution >= 0.6 is 0 Å². The van der Waals surface area contributed by atoms with Gasteiger partial charge in [0, 0.05) is 13.9 Å². The maximum Gasteiger partial charge on any atom is 0.185 e. The summed E-state index contributed by atoms with van der Waals surface area (Å²) in [6, 6.07) is 3.43. The molecule has 0 fully saturated rings. The number of carbonyl (C=O) groups is 1. The molecular weight excluding hydrogens is 350 g/mol. The maximum atomic E-state index is 11.8. The van der Waals surface area contributed by atoms with E-state index in [0.29, 0.717) is 64.3 Å². The number of carbonyl (C=O) groups excluding carboxylic acids is 1. The molecule has 27 heavy (non-hydrogen) atoms. The van der Waals surface area contributed by atoms with Gasteiger partial charge in [-0.2, -0.15) is 0 Å². The van der Waals surface area contributed by atoms with E-state index in [1.165, 1.54) is 0 Å². The third kappa shape index (κ3) is 11.7. The van der Waals surface area contributed by atoms with Crippen LogP contribution in [-0.2, 0) is 18.9 Å². The molecule has 0 aromatic carbocycles. The van der Waals surface area contributed by atoms with Crippen molar-refractivity contribution in [1.82, 2.24) is 10.2 Å². The Balaban J connectivity index is 0.00000729. The van der Waals surface area contributed by atoms with Gasteiger partial charge in [0.15, 0.2) is 5.78 Å². The van der Waals surface area contributed by atoms with E-state index in [4.69, 9.17) is 18.9 Å². The second-order valence-electron chi connectivity index (χ2n) is 6.51. The molecule has 156 valence electrons. The number of rotatable bonds is 16. The quantitative estimate of drug-likeness (QED) is 0.343. The molecule has 0 atom stereocenters. The molecule has 8 heteroatoms. The summed E-state index contributed by atoms with van der Waals surface area (Å²) in [6.45, 7) is 12.1. The number of hydrogen-bond donors (Lipinski definition) is 1. The molecule has 0 aliphatic heterocycles. The van der Waals surface area contributed by atoms with Crippen molar-refractivity contribution in [3.05, 3.63) is 17.8 Å². The summed E-state index contributed by atoms with van der Waals surface area (Å²) in [6.07, 6.45) is 0.233. The summed E-state index contributed by atoms with van der Waals surface area (Å²) in [5.41, 5.74) is 0.389. The van der Waals surface area contributed by atoms with E-state index in [0.717, 1.165) is 0 Å². The lowest BCUT2D eigenvalue weighted by molar-refractivity contribution is -0.0110. The van der Waals surface area contributed by atoms with Crippen molar-refractivity contribution in [2.24, 2.45) is 5.92 Å². The number of nitrogens with one attached hydrogen (secondary N) is 1. The smallest absolute Gasteiger partial charge is 0.185 e. The molecule has 1 aromatic rings. The predicted octanol–water partition coefficient (Wildman–Crippen LogP) is 2.45. The Morgan fingerprint density at radius 2 is 1.52 bits per heavy atom. The van der Waals surface area contributed by atoms with Crippen LogP contribution in [0, 0.1) is 5.92 Å². The van der Waals surface area contributed by atoms with E-state index < -0.39 is 0 Å². The van der Waals surface area contributed by atoms with Crippen molar-refractivity contribution in [1.29, 1.82) is 0 Å². The summed E-state index contributed by atoms with van der Waals surface area (Å²) in [5.74, 6) is 0.527. The molecule has 0 spiro atoms. The lowest BCUT2D eigenvalue weighted by Gasteiger charge is -2.09. The average molecular weight is 386 g/mol. The minimum Gasteiger partial charge on any atom is -0.377 e. The predicted molar refractivity (Wildman–Crippen MR) is 105 cm³/mol. The molecule has 1 rings (SSSR count). The van der Waals surface area contributed by atoms with Crippen LogP contribution in [0.2, 0.25) is 0 Å². The summed E-state index contributed by atoms with van der Waals surface area (Å²) in [5, 5.41) is 11.0. The minimum absolute atomic E-state index is 0. The molecule has 0 saturated carbocycles. The third-order valence-corrected chi connectivity index (χ3v) is 3.42. The molecule has 0 unspecified atom stereocenters. The molecule has 0 bridgehead atoms. The Morgan fingerprint density at radius 1 is 0.926 bits per heavy atom. The van der Waals surface area contributed by atoms with Crippen molar-refractivity contribution in [2.75, 3.05) is 58.1 Å². The summed E-state index contributed by atoms with van der Waals surface area (Å²) >= 11 is 0. The van der Waals surface area contributed by atoms with Gasteiger partial charge in [-0.1, -0.05) is 13.8 Å². The number of ketones is 1. The van der Waals surface area contributed by atoms with E-state index in [-0.39, 0.29) is 19.2 Å². The second-order valence-corrected chi connectivity index (χ2v) is 6.51. The lowest BCUT2D eigenvalue weighted by atomic mass is 10.1. The van der Waals surface area contributed by atoms with Crippen LogP contribution in [0.4, 0.5) is 5.82 Å². The molecule has 0 radical (unpaired) electrons. The standard InChI is InChI=1S/C19H33N3O5.H2/c1-15(2)19(23)17-5-6-18(22-21-17)20-7-8-24-9-10-25-11-12-26-13-14-27-16(3)4;/h5-6,15-16H,7-14H2,1-4H3,(H,20,22);1H. The molecule has 0 amide bonds. The van der Waals surface area contributed by atoms with E-state index in [1.807, 2.05) is 27.7 Å². The molecule has 0 aliphatic carbocycles. The zero-order valence-corrected chi connectivity index (χ0v) is 16.9. The van der Waals surface area contributed by atoms with Gasteiger partial charge >= 0.3 is 0 Å². The highest BCUT2D eigenvalue weighted by Crippen LogP contribution is 2.07. The van der Waals surface area contributed by atoms with Crippen molar-refractivity contribution >= 4 is 11.6 Å². The van der Waals surface area contributed by atoms with E-state index in [1.54, 1.807) is 12.1 Å². The fourth-order valence-corrected chi connectivity index (χ4v) is 1.99. The number of hydrogen-bond acceptors (Lipinski definition) is 8. The van der Waals surface area contributed by atoms with Crippen LogP contribution in [0.25, 0.3) is 0 Å².